The first-order valence-electron chi connectivity index (χ1n) is 3.67. The number of carbonyl (C=O) groups is 1. The Hall–Kier alpha value is -0.0900. The Morgan fingerprint density at radius 2 is 2.45 bits per heavy atom. The molecule has 0 N–H and O–H groups in total. The highest BCUT2D eigenvalue weighted by atomic mass is 79.9. The van der Waals surface area contributed by atoms with Crippen LogP contribution in [0.4, 0.5) is 0 Å². The highest BCUT2D eigenvalue weighted by molar-refractivity contribution is 9.09. The molecule has 0 aromatic carbocycles. The number of amides is 1. The van der Waals surface area contributed by atoms with Crippen LogP contribution in [0.1, 0.15) is 6.92 Å². The second-order valence-corrected chi connectivity index (χ2v) is 3.93. The van der Waals surface area contributed by atoms with E-state index in [1.54, 1.807) is 11.8 Å². The van der Waals surface area contributed by atoms with Gasteiger partial charge in [0.25, 0.3) is 0 Å². The third-order valence-electron chi connectivity index (χ3n) is 1.67. The summed E-state index contributed by atoms with van der Waals surface area (Å²) in [6.45, 7) is 4.42. The van der Waals surface area contributed by atoms with Crippen LogP contribution in [0.2, 0.25) is 0 Å². The van der Waals surface area contributed by atoms with E-state index in [-0.39, 0.29) is 10.7 Å². The van der Waals surface area contributed by atoms with Gasteiger partial charge in [0.05, 0.1) is 18.0 Å². The van der Waals surface area contributed by atoms with Gasteiger partial charge in [0.1, 0.15) is 0 Å². The van der Waals surface area contributed by atoms with Gasteiger partial charge >= 0.3 is 0 Å². The van der Waals surface area contributed by atoms with Gasteiger partial charge in [-0.3, -0.25) is 4.79 Å². The molecule has 0 bridgehead atoms. The summed E-state index contributed by atoms with van der Waals surface area (Å²) in [5.74, 6) is 0.125. The summed E-state index contributed by atoms with van der Waals surface area (Å²) in [6.07, 6.45) is 0. The Bertz CT molecular complexity index is 151. The van der Waals surface area contributed by atoms with Crippen LogP contribution in [0, 0.1) is 0 Å². The maximum Gasteiger partial charge on any atom is 0.219 e. The average Bonchev–Trinajstić information content (AvgIpc) is 2.13. The normalized spacial score (nSPS) is 26.4. The zero-order valence-corrected chi connectivity index (χ0v) is 8.13. The molecule has 0 saturated carbocycles. The Morgan fingerprint density at radius 3 is 3.09 bits per heavy atom. The van der Waals surface area contributed by atoms with Crippen molar-refractivity contribution < 1.29 is 9.53 Å². The lowest BCUT2D eigenvalue weighted by Gasteiger charge is -2.18. The second-order valence-electron chi connectivity index (χ2n) is 2.64. The molecule has 64 valence electrons. The summed E-state index contributed by atoms with van der Waals surface area (Å²) in [6, 6.07) is 0. The van der Waals surface area contributed by atoms with Gasteiger partial charge in [0.2, 0.25) is 5.91 Å². The minimum Gasteiger partial charge on any atom is -0.378 e. The molecule has 0 aromatic rings. The van der Waals surface area contributed by atoms with Gasteiger partial charge in [-0.15, -0.1) is 0 Å². The molecule has 1 unspecified atom stereocenters. The number of rotatable bonds is 0. The van der Waals surface area contributed by atoms with Crippen molar-refractivity contribution in [2.45, 2.75) is 11.8 Å². The van der Waals surface area contributed by atoms with Crippen molar-refractivity contribution >= 4 is 21.8 Å². The first kappa shape index (κ1) is 9.00. The predicted molar refractivity (Wildman–Crippen MR) is 45.8 cm³/mol. The summed E-state index contributed by atoms with van der Waals surface area (Å²) in [4.78, 5) is 13.0. The molecule has 0 aromatic heterocycles. The maximum atomic E-state index is 10.9. The Labute approximate surface area is 74.8 Å². The van der Waals surface area contributed by atoms with E-state index in [4.69, 9.17) is 4.74 Å². The van der Waals surface area contributed by atoms with Crippen LogP contribution in [0.15, 0.2) is 0 Å². The topological polar surface area (TPSA) is 29.5 Å². The smallest absolute Gasteiger partial charge is 0.219 e. The molecule has 4 heteroatoms. The quantitative estimate of drug-likeness (QED) is 0.562. The molecule has 0 aliphatic carbocycles. The molecule has 3 nitrogen and oxygen atoms in total. The van der Waals surface area contributed by atoms with E-state index in [0.717, 1.165) is 13.1 Å². The monoisotopic (exact) mass is 221 g/mol. The Morgan fingerprint density at radius 1 is 1.73 bits per heavy atom. The van der Waals surface area contributed by atoms with Crippen molar-refractivity contribution in [3.05, 3.63) is 0 Å². The minimum atomic E-state index is 0.125. The molecule has 11 heavy (non-hydrogen) atoms. The lowest BCUT2D eigenvalue weighted by atomic mass is 10.4. The minimum absolute atomic E-state index is 0.125. The van der Waals surface area contributed by atoms with Gasteiger partial charge in [0, 0.05) is 20.0 Å². The SMILES string of the molecule is CC(=O)N1CCOCC(Br)C1. The van der Waals surface area contributed by atoms with Crippen LogP contribution in [0.25, 0.3) is 0 Å². The maximum absolute atomic E-state index is 10.9. The fourth-order valence-corrected chi connectivity index (χ4v) is 1.59. The van der Waals surface area contributed by atoms with Gasteiger partial charge in [-0.25, -0.2) is 0 Å². The molecule has 0 spiro atoms. The number of carbonyl (C=O) groups excluding carboxylic acids is 1. The van der Waals surface area contributed by atoms with E-state index < -0.39 is 0 Å². The number of alkyl halides is 1. The largest absolute Gasteiger partial charge is 0.378 e. The van der Waals surface area contributed by atoms with Crippen molar-refractivity contribution in [2.24, 2.45) is 0 Å². The lowest BCUT2D eigenvalue weighted by molar-refractivity contribution is -0.128. The highest BCUT2D eigenvalue weighted by Gasteiger charge is 2.17. The summed E-state index contributed by atoms with van der Waals surface area (Å²) >= 11 is 3.43. The first-order valence-corrected chi connectivity index (χ1v) is 4.59. The zero-order valence-electron chi connectivity index (χ0n) is 6.55. The third kappa shape index (κ3) is 2.79. The van der Waals surface area contributed by atoms with Gasteiger partial charge < -0.3 is 9.64 Å². The number of ether oxygens (including phenoxy) is 1. The number of halogens is 1. The van der Waals surface area contributed by atoms with Crippen LogP contribution in [0.5, 0.6) is 0 Å². The highest BCUT2D eigenvalue weighted by Crippen LogP contribution is 2.07. The second kappa shape index (κ2) is 4.07. The molecular weight excluding hydrogens is 210 g/mol. The molecule has 1 heterocycles. The summed E-state index contributed by atoms with van der Waals surface area (Å²) in [5.41, 5.74) is 0. The predicted octanol–water partition coefficient (Wildman–Crippen LogP) is 0.629. The van der Waals surface area contributed by atoms with E-state index in [2.05, 4.69) is 15.9 Å². The van der Waals surface area contributed by atoms with Crippen LogP contribution in [0.3, 0.4) is 0 Å². The van der Waals surface area contributed by atoms with E-state index in [1.165, 1.54) is 0 Å². The van der Waals surface area contributed by atoms with Gasteiger partial charge in [-0.1, -0.05) is 15.9 Å². The average molecular weight is 222 g/mol. The van der Waals surface area contributed by atoms with Crippen LogP contribution in [-0.2, 0) is 9.53 Å². The third-order valence-corrected chi connectivity index (χ3v) is 2.22. The number of nitrogens with zero attached hydrogens (tertiary/aromatic N) is 1. The van der Waals surface area contributed by atoms with Gasteiger partial charge in [-0.05, 0) is 0 Å². The molecule has 1 aliphatic heterocycles. The molecule has 1 atom stereocenters. The standard InChI is InChI=1S/C7H12BrNO2/c1-6(10)9-2-3-11-5-7(8)4-9/h7H,2-5H2,1H3. The molecule has 1 aliphatic rings. The molecule has 1 fully saturated rings. The molecule has 0 radical (unpaired) electrons. The number of hydrogen-bond acceptors (Lipinski definition) is 2. The fraction of sp³-hybridized carbons (Fsp3) is 0.857. The van der Waals surface area contributed by atoms with Crippen molar-refractivity contribution in [1.82, 2.24) is 4.90 Å². The van der Waals surface area contributed by atoms with E-state index in [9.17, 15) is 4.79 Å². The van der Waals surface area contributed by atoms with Crippen molar-refractivity contribution in [1.29, 1.82) is 0 Å². The van der Waals surface area contributed by atoms with Gasteiger partial charge in [-0.2, -0.15) is 0 Å². The fourth-order valence-electron chi connectivity index (χ4n) is 1.06. The Kier molecular flexibility index (Phi) is 3.33. The Balaban J connectivity index is 2.45. The van der Waals surface area contributed by atoms with Crippen molar-refractivity contribution in [3.8, 4) is 0 Å². The summed E-state index contributed by atoms with van der Waals surface area (Å²) in [7, 11) is 0. The van der Waals surface area contributed by atoms with Crippen LogP contribution >= 0.6 is 15.9 Å². The van der Waals surface area contributed by atoms with E-state index in [1.807, 2.05) is 0 Å². The van der Waals surface area contributed by atoms with Crippen LogP contribution < -0.4 is 0 Å². The first-order chi connectivity index (χ1) is 5.20. The van der Waals surface area contributed by atoms with Gasteiger partial charge in [0.15, 0.2) is 0 Å². The van der Waals surface area contributed by atoms with Crippen molar-refractivity contribution in [3.63, 3.8) is 0 Å². The summed E-state index contributed by atoms with van der Waals surface area (Å²) in [5, 5.41) is 0. The number of hydrogen-bond donors (Lipinski definition) is 0. The summed E-state index contributed by atoms with van der Waals surface area (Å²) < 4.78 is 5.25. The van der Waals surface area contributed by atoms with Crippen LogP contribution in [-0.4, -0.2) is 41.9 Å². The van der Waals surface area contributed by atoms with Crippen molar-refractivity contribution in [2.75, 3.05) is 26.3 Å². The molecule has 1 rings (SSSR count). The lowest BCUT2D eigenvalue weighted by Crippen LogP contribution is -2.34. The zero-order chi connectivity index (χ0) is 8.27. The molecule has 1 saturated heterocycles. The van der Waals surface area contributed by atoms with E-state index in [0.29, 0.717) is 13.2 Å². The van der Waals surface area contributed by atoms with E-state index >= 15 is 0 Å². The molecule has 1 amide bonds. The molecular formula is C7H12BrNO2.